The molecule has 0 aromatic rings. The van der Waals surface area contributed by atoms with Crippen molar-refractivity contribution in [1.82, 2.24) is 4.90 Å². The Morgan fingerprint density at radius 1 is 1.62 bits per heavy atom. The molecule has 5 nitrogen and oxygen atoms in total. The molecule has 2 N–H and O–H groups in total. The van der Waals surface area contributed by atoms with Crippen LogP contribution in [0.5, 0.6) is 0 Å². The largest absolute Gasteiger partial charge is 0.480 e. The molecule has 0 aromatic carbocycles. The lowest BCUT2D eigenvalue weighted by Crippen LogP contribution is -2.22. The van der Waals surface area contributed by atoms with Crippen LogP contribution in [0, 0.1) is 11.3 Å². The van der Waals surface area contributed by atoms with Gasteiger partial charge in [-0.05, 0) is 21.0 Å². The van der Waals surface area contributed by atoms with E-state index >= 15 is 0 Å². The van der Waals surface area contributed by atoms with Gasteiger partial charge in [0.25, 0.3) is 0 Å². The van der Waals surface area contributed by atoms with Crippen LogP contribution in [0.4, 0.5) is 0 Å². The number of hydrogen-bond donors (Lipinski definition) is 2. The van der Waals surface area contributed by atoms with Gasteiger partial charge in [-0.3, -0.25) is 4.79 Å². The van der Waals surface area contributed by atoms with Crippen molar-refractivity contribution in [2.75, 3.05) is 20.6 Å². The number of nitriles is 1. The van der Waals surface area contributed by atoms with E-state index in [0.717, 1.165) is 6.54 Å². The Balaban J connectivity index is 0. The minimum Gasteiger partial charge on any atom is -0.480 e. The second kappa shape index (κ2) is 8.97. The topological polar surface area (TPSA) is 84.6 Å². The fourth-order valence-corrected chi connectivity index (χ4v) is 0.596. The van der Waals surface area contributed by atoms with Crippen molar-refractivity contribution in [1.29, 1.82) is 5.26 Å². The van der Waals surface area contributed by atoms with Gasteiger partial charge in [0.05, 0.1) is 12.2 Å². The van der Waals surface area contributed by atoms with Gasteiger partial charge < -0.3 is 15.1 Å². The molecule has 0 aliphatic carbocycles. The Morgan fingerprint density at radius 2 is 2.08 bits per heavy atom. The van der Waals surface area contributed by atoms with Crippen LogP contribution in [0.15, 0.2) is 0 Å². The number of carbonyl (C=O) groups is 1. The Bertz CT molecular complexity index is 167. The first-order valence-corrected chi connectivity index (χ1v) is 3.81. The number of nitrogens with zero attached hydrogens (tertiary/aromatic N) is 2. The quantitative estimate of drug-likeness (QED) is 0.646. The summed E-state index contributed by atoms with van der Waals surface area (Å²) in [6, 6.07) is 1.47. The summed E-state index contributed by atoms with van der Waals surface area (Å²) in [5, 5.41) is 24.0. The van der Waals surface area contributed by atoms with Gasteiger partial charge in [-0.15, -0.1) is 0 Å². The number of aliphatic hydroxyl groups is 1. The van der Waals surface area contributed by atoms with E-state index in [-0.39, 0.29) is 6.10 Å². The van der Waals surface area contributed by atoms with Crippen LogP contribution < -0.4 is 0 Å². The molecule has 0 spiro atoms. The Hall–Kier alpha value is -1.12. The minimum absolute atomic E-state index is 0.199. The third-order valence-electron chi connectivity index (χ3n) is 0.860. The molecule has 0 aromatic heterocycles. The molecule has 5 heteroatoms. The number of carboxylic acid groups (broad SMARTS) is 1. The van der Waals surface area contributed by atoms with Crippen molar-refractivity contribution in [3.8, 4) is 6.07 Å². The second-order valence-electron chi connectivity index (χ2n) is 2.84. The molecule has 76 valence electrons. The van der Waals surface area contributed by atoms with Crippen LogP contribution in [0.25, 0.3) is 0 Å². The van der Waals surface area contributed by atoms with Gasteiger partial charge in [-0.1, -0.05) is 0 Å². The van der Waals surface area contributed by atoms with Crippen LogP contribution in [-0.4, -0.2) is 47.8 Å². The van der Waals surface area contributed by atoms with Crippen LogP contribution >= 0.6 is 0 Å². The summed E-state index contributed by atoms with van der Waals surface area (Å²) in [5.41, 5.74) is 0. The smallest absolute Gasteiger partial charge is 0.317 e. The predicted molar refractivity (Wildman–Crippen MR) is 48.1 cm³/mol. The lowest BCUT2D eigenvalue weighted by Gasteiger charge is -2.10. The van der Waals surface area contributed by atoms with Gasteiger partial charge in [0.1, 0.15) is 6.42 Å². The fourth-order valence-electron chi connectivity index (χ4n) is 0.596. The summed E-state index contributed by atoms with van der Waals surface area (Å²) in [6.45, 7) is 2.53. The van der Waals surface area contributed by atoms with E-state index in [1.807, 2.05) is 19.0 Å². The van der Waals surface area contributed by atoms with E-state index in [9.17, 15) is 4.79 Å². The standard InChI is InChI=1S/C5H13NO.C3H3NO2/c1-5(7)4-6(2)3;4-2-1-3(5)6/h5,7H,4H2,1-3H3;1H2,(H,5,6). The molecule has 0 bridgehead atoms. The van der Waals surface area contributed by atoms with Crippen LogP contribution in [0.3, 0.4) is 0 Å². The third-order valence-corrected chi connectivity index (χ3v) is 0.860. The molecule has 0 radical (unpaired) electrons. The van der Waals surface area contributed by atoms with Crippen molar-refractivity contribution in [2.24, 2.45) is 0 Å². The molecule has 13 heavy (non-hydrogen) atoms. The SMILES string of the molecule is CC(O)CN(C)C.N#CCC(=O)O. The zero-order valence-corrected chi connectivity index (χ0v) is 8.19. The maximum absolute atomic E-state index is 9.38. The van der Waals surface area contributed by atoms with E-state index in [2.05, 4.69) is 0 Å². The first-order chi connectivity index (χ1) is 5.90. The summed E-state index contributed by atoms with van der Waals surface area (Å²) < 4.78 is 0. The van der Waals surface area contributed by atoms with Crippen molar-refractivity contribution in [3.63, 3.8) is 0 Å². The molecule has 0 saturated carbocycles. The van der Waals surface area contributed by atoms with E-state index < -0.39 is 12.4 Å². The molecular weight excluding hydrogens is 172 g/mol. The molecule has 1 unspecified atom stereocenters. The number of hydrogen-bond acceptors (Lipinski definition) is 4. The highest BCUT2D eigenvalue weighted by Crippen LogP contribution is 1.80. The van der Waals surface area contributed by atoms with Gasteiger partial charge in [-0.2, -0.15) is 5.26 Å². The van der Waals surface area contributed by atoms with Gasteiger partial charge in [0, 0.05) is 6.54 Å². The summed E-state index contributed by atoms with van der Waals surface area (Å²) in [6.07, 6.45) is -0.602. The van der Waals surface area contributed by atoms with Gasteiger partial charge in [-0.25, -0.2) is 0 Å². The monoisotopic (exact) mass is 188 g/mol. The van der Waals surface area contributed by atoms with E-state index in [1.54, 1.807) is 6.92 Å². The molecule has 0 heterocycles. The van der Waals surface area contributed by atoms with E-state index in [4.69, 9.17) is 15.5 Å². The zero-order chi connectivity index (χ0) is 10.9. The van der Waals surface area contributed by atoms with Crippen molar-refractivity contribution >= 4 is 5.97 Å². The number of aliphatic hydroxyl groups excluding tert-OH is 1. The lowest BCUT2D eigenvalue weighted by atomic mass is 10.4. The Labute approximate surface area is 78.2 Å². The van der Waals surface area contributed by atoms with Crippen LogP contribution in [0.2, 0.25) is 0 Å². The van der Waals surface area contributed by atoms with Crippen LogP contribution in [-0.2, 0) is 4.79 Å². The Kier molecular flexibility index (Phi) is 9.94. The normalized spacial score (nSPS) is 11.1. The molecular formula is C8H16N2O3. The average Bonchev–Trinajstić information content (AvgIpc) is 1.83. The summed E-state index contributed by atoms with van der Waals surface area (Å²) in [4.78, 5) is 11.3. The van der Waals surface area contributed by atoms with Crippen LogP contribution in [0.1, 0.15) is 13.3 Å². The molecule has 1 atom stereocenters. The van der Waals surface area contributed by atoms with Gasteiger partial charge in [0.15, 0.2) is 0 Å². The highest BCUT2D eigenvalue weighted by molar-refractivity contribution is 5.69. The van der Waals surface area contributed by atoms with Crippen molar-refractivity contribution in [2.45, 2.75) is 19.4 Å². The first kappa shape index (κ1) is 14.4. The molecule has 0 aliphatic heterocycles. The molecule has 0 aliphatic rings. The zero-order valence-electron chi connectivity index (χ0n) is 8.19. The number of rotatable bonds is 3. The molecule has 0 rings (SSSR count). The van der Waals surface area contributed by atoms with E-state index in [1.165, 1.54) is 6.07 Å². The molecule has 0 saturated heterocycles. The molecule has 0 fully saturated rings. The summed E-state index contributed by atoms with van der Waals surface area (Å²) in [5.74, 6) is -1.07. The van der Waals surface area contributed by atoms with Crippen molar-refractivity contribution in [3.05, 3.63) is 0 Å². The summed E-state index contributed by atoms with van der Waals surface area (Å²) in [7, 11) is 3.87. The molecule has 0 amide bonds. The number of aliphatic carboxylic acids is 1. The fraction of sp³-hybridized carbons (Fsp3) is 0.750. The second-order valence-corrected chi connectivity index (χ2v) is 2.84. The number of carboxylic acids is 1. The predicted octanol–water partition coefficient (Wildman–Crippen LogP) is -0.0865. The van der Waals surface area contributed by atoms with Gasteiger partial charge >= 0.3 is 5.97 Å². The van der Waals surface area contributed by atoms with Crippen molar-refractivity contribution < 1.29 is 15.0 Å². The average molecular weight is 188 g/mol. The van der Waals surface area contributed by atoms with Gasteiger partial charge in [0.2, 0.25) is 0 Å². The lowest BCUT2D eigenvalue weighted by molar-refractivity contribution is -0.135. The summed E-state index contributed by atoms with van der Waals surface area (Å²) >= 11 is 0. The highest BCUT2D eigenvalue weighted by Gasteiger charge is 1.93. The first-order valence-electron chi connectivity index (χ1n) is 3.81. The maximum atomic E-state index is 9.38. The van der Waals surface area contributed by atoms with E-state index in [0.29, 0.717) is 0 Å². The number of likely N-dealkylation sites (N-methyl/N-ethyl adjacent to an activating group) is 1. The maximum Gasteiger partial charge on any atom is 0.317 e. The third kappa shape index (κ3) is 24.8. The minimum atomic E-state index is -1.07. The highest BCUT2D eigenvalue weighted by atomic mass is 16.4. The Morgan fingerprint density at radius 3 is 2.08 bits per heavy atom.